The molecule has 0 fully saturated rings. The molecule has 0 amide bonds. The molecule has 0 unspecified atom stereocenters. The van der Waals surface area contributed by atoms with E-state index in [1.165, 1.54) is 0 Å². The Morgan fingerprint density at radius 2 is 2.05 bits per heavy atom. The molecule has 4 heteroatoms. The highest BCUT2D eigenvalue weighted by atomic mass is 16.5. The summed E-state index contributed by atoms with van der Waals surface area (Å²) in [7, 11) is 1.65. The number of hydrogen-bond donors (Lipinski definition) is 1. The Balaban J connectivity index is 2.55. The third kappa shape index (κ3) is 3.09. The van der Waals surface area contributed by atoms with Crippen molar-refractivity contribution in [3.8, 4) is 11.4 Å². The van der Waals surface area contributed by atoms with Crippen LogP contribution in [0.2, 0.25) is 0 Å². The molecule has 1 N–H and O–H groups in total. The van der Waals surface area contributed by atoms with Crippen LogP contribution >= 0.6 is 0 Å². The van der Waals surface area contributed by atoms with Crippen molar-refractivity contribution in [2.45, 2.75) is 26.4 Å². The van der Waals surface area contributed by atoms with Gasteiger partial charge in [0.1, 0.15) is 5.82 Å². The minimum atomic E-state index is -0.124. The first kappa shape index (κ1) is 13.5. The number of nitrogens with one attached hydrogen (secondary N) is 1. The third-order valence-electron chi connectivity index (χ3n) is 2.93. The smallest absolute Gasteiger partial charge is 0.251 e. The van der Waals surface area contributed by atoms with Crippen molar-refractivity contribution < 1.29 is 4.74 Å². The normalized spacial score (nSPS) is 10.9. The van der Waals surface area contributed by atoms with E-state index in [2.05, 4.69) is 9.97 Å². The average molecular weight is 258 g/mol. The van der Waals surface area contributed by atoms with E-state index in [1.807, 2.05) is 38.1 Å². The van der Waals surface area contributed by atoms with E-state index >= 15 is 0 Å². The summed E-state index contributed by atoms with van der Waals surface area (Å²) in [6, 6.07) is 9.34. The highest BCUT2D eigenvalue weighted by Crippen LogP contribution is 2.21. The zero-order valence-electron chi connectivity index (χ0n) is 11.4. The molecule has 0 bridgehead atoms. The lowest BCUT2D eigenvalue weighted by Gasteiger charge is -2.10. The maximum atomic E-state index is 11.7. The minimum absolute atomic E-state index is 0.124. The van der Waals surface area contributed by atoms with Gasteiger partial charge in [0.25, 0.3) is 5.56 Å². The molecule has 0 aliphatic carbocycles. The Labute approximate surface area is 112 Å². The molecule has 0 spiro atoms. The number of nitrogens with zero attached hydrogens (tertiary/aromatic N) is 1. The second-order valence-electron chi connectivity index (χ2n) is 4.76. The Morgan fingerprint density at radius 1 is 1.32 bits per heavy atom. The number of aromatic amines is 1. The molecule has 0 aliphatic rings. The Hall–Kier alpha value is -1.94. The van der Waals surface area contributed by atoms with Gasteiger partial charge in [0.05, 0.1) is 12.3 Å². The fourth-order valence-corrected chi connectivity index (χ4v) is 1.93. The summed E-state index contributed by atoms with van der Waals surface area (Å²) >= 11 is 0. The van der Waals surface area contributed by atoms with Gasteiger partial charge in [0.2, 0.25) is 0 Å². The van der Waals surface area contributed by atoms with E-state index in [9.17, 15) is 4.79 Å². The van der Waals surface area contributed by atoms with Gasteiger partial charge >= 0.3 is 0 Å². The summed E-state index contributed by atoms with van der Waals surface area (Å²) in [5.74, 6) is 0.819. The van der Waals surface area contributed by atoms with Crippen LogP contribution in [0.5, 0.6) is 0 Å². The molecule has 0 saturated heterocycles. The van der Waals surface area contributed by atoms with Gasteiger partial charge < -0.3 is 9.72 Å². The largest absolute Gasteiger partial charge is 0.380 e. The molecule has 19 heavy (non-hydrogen) atoms. The second kappa shape index (κ2) is 5.80. The molecular formula is C15H18N2O2. The average Bonchev–Trinajstić information content (AvgIpc) is 2.39. The van der Waals surface area contributed by atoms with Crippen LogP contribution in [-0.4, -0.2) is 17.1 Å². The summed E-state index contributed by atoms with van der Waals surface area (Å²) < 4.78 is 5.18. The second-order valence-corrected chi connectivity index (χ2v) is 4.76. The lowest BCUT2D eigenvalue weighted by molar-refractivity contribution is 0.185. The van der Waals surface area contributed by atoms with Crippen molar-refractivity contribution in [2.24, 2.45) is 0 Å². The van der Waals surface area contributed by atoms with Gasteiger partial charge in [-0.3, -0.25) is 4.79 Å². The van der Waals surface area contributed by atoms with Gasteiger partial charge in [-0.05, 0) is 11.5 Å². The quantitative estimate of drug-likeness (QED) is 0.917. The standard InChI is InChI=1S/C15H18N2O2/c1-10(2)13-8-14(18)17-15(16-13)12-7-5-4-6-11(12)9-19-3/h4-8,10H,9H2,1-3H3,(H,16,17,18). The van der Waals surface area contributed by atoms with Crippen molar-refractivity contribution >= 4 is 0 Å². The number of aromatic nitrogens is 2. The number of H-pyrrole nitrogens is 1. The first-order chi connectivity index (χ1) is 9.11. The van der Waals surface area contributed by atoms with Crippen LogP contribution in [0.25, 0.3) is 11.4 Å². The summed E-state index contributed by atoms with van der Waals surface area (Å²) in [6.45, 7) is 4.53. The fourth-order valence-electron chi connectivity index (χ4n) is 1.93. The number of ether oxygens (including phenoxy) is 1. The van der Waals surface area contributed by atoms with E-state index in [1.54, 1.807) is 13.2 Å². The van der Waals surface area contributed by atoms with Crippen LogP contribution in [0.4, 0.5) is 0 Å². The first-order valence-corrected chi connectivity index (χ1v) is 6.30. The van der Waals surface area contributed by atoms with Crippen LogP contribution in [0.3, 0.4) is 0 Å². The molecule has 1 aromatic carbocycles. The highest BCUT2D eigenvalue weighted by Gasteiger charge is 2.10. The Kier molecular flexibility index (Phi) is 4.12. The minimum Gasteiger partial charge on any atom is -0.380 e. The molecule has 0 aliphatic heterocycles. The predicted octanol–water partition coefficient (Wildman–Crippen LogP) is 2.71. The zero-order chi connectivity index (χ0) is 13.8. The predicted molar refractivity (Wildman–Crippen MR) is 75.1 cm³/mol. The summed E-state index contributed by atoms with van der Waals surface area (Å²) in [4.78, 5) is 19.1. The van der Waals surface area contributed by atoms with Crippen molar-refractivity contribution in [1.29, 1.82) is 0 Å². The van der Waals surface area contributed by atoms with E-state index in [-0.39, 0.29) is 11.5 Å². The number of rotatable bonds is 4. The number of benzene rings is 1. The lowest BCUT2D eigenvalue weighted by atomic mass is 10.1. The molecule has 1 heterocycles. The van der Waals surface area contributed by atoms with Crippen molar-refractivity contribution in [1.82, 2.24) is 9.97 Å². The first-order valence-electron chi connectivity index (χ1n) is 6.30. The fraction of sp³-hybridized carbons (Fsp3) is 0.333. The number of methoxy groups -OCH3 is 1. The van der Waals surface area contributed by atoms with Gasteiger partial charge in [-0.2, -0.15) is 0 Å². The van der Waals surface area contributed by atoms with Crippen LogP contribution in [0.1, 0.15) is 31.0 Å². The van der Waals surface area contributed by atoms with E-state index < -0.39 is 0 Å². The van der Waals surface area contributed by atoms with Gasteiger partial charge in [-0.25, -0.2) is 4.98 Å². The zero-order valence-corrected chi connectivity index (χ0v) is 11.4. The van der Waals surface area contributed by atoms with Crippen LogP contribution in [0, 0.1) is 0 Å². The van der Waals surface area contributed by atoms with Crippen LogP contribution in [0.15, 0.2) is 35.1 Å². The van der Waals surface area contributed by atoms with Gasteiger partial charge in [0, 0.05) is 18.7 Å². The van der Waals surface area contributed by atoms with Crippen LogP contribution in [-0.2, 0) is 11.3 Å². The third-order valence-corrected chi connectivity index (χ3v) is 2.93. The van der Waals surface area contributed by atoms with Crippen molar-refractivity contribution in [2.75, 3.05) is 7.11 Å². The molecule has 0 radical (unpaired) electrons. The Bertz CT molecular complexity index is 618. The SMILES string of the molecule is COCc1ccccc1-c1nc(C(C)C)cc(=O)[nH]1. The molecule has 1 aromatic heterocycles. The van der Waals surface area contributed by atoms with E-state index in [4.69, 9.17) is 4.74 Å². The maximum Gasteiger partial charge on any atom is 0.251 e. The monoisotopic (exact) mass is 258 g/mol. The van der Waals surface area contributed by atoms with Gasteiger partial charge in [-0.1, -0.05) is 38.1 Å². The lowest BCUT2D eigenvalue weighted by Crippen LogP contribution is -2.12. The van der Waals surface area contributed by atoms with E-state index in [0.29, 0.717) is 12.4 Å². The number of hydrogen-bond acceptors (Lipinski definition) is 3. The van der Waals surface area contributed by atoms with Gasteiger partial charge in [-0.15, -0.1) is 0 Å². The molecule has 2 rings (SSSR count). The molecular weight excluding hydrogens is 240 g/mol. The van der Waals surface area contributed by atoms with E-state index in [0.717, 1.165) is 16.8 Å². The summed E-state index contributed by atoms with van der Waals surface area (Å²) in [6.07, 6.45) is 0. The summed E-state index contributed by atoms with van der Waals surface area (Å²) in [5.41, 5.74) is 2.59. The Morgan fingerprint density at radius 3 is 2.74 bits per heavy atom. The van der Waals surface area contributed by atoms with Crippen molar-refractivity contribution in [3.05, 3.63) is 51.9 Å². The molecule has 0 saturated carbocycles. The molecule has 0 atom stereocenters. The molecule has 2 aromatic rings. The summed E-state index contributed by atoms with van der Waals surface area (Å²) in [5, 5.41) is 0. The molecule has 4 nitrogen and oxygen atoms in total. The maximum absolute atomic E-state index is 11.7. The van der Waals surface area contributed by atoms with Crippen molar-refractivity contribution in [3.63, 3.8) is 0 Å². The highest BCUT2D eigenvalue weighted by molar-refractivity contribution is 5.59. The van der Waals surface area contributed by atoms with Crippen LogP contribution < -0.4 is 5.56 Å². The molecule has 100 valence electrons. The van der Waals surface area contributed by atoms with Gasteiger partial charge in [0.15, 0.2) is 0 Å². The topological polar surface area (TPSA) is 55.0 Å².